The van der Waals surface area contributed by atoms with Gasteiger partial charge in [0.2, 0.25) is 0 Å². The molecule has 0 heterocycles. The fraction of sp³-hybridized carbons (Fsp3) is 0.222. The number of carboxylic acids is 1. The van der Waals surface area contributed by atoms with E-state index in [4.69, 9.17) is 0 Å². The van der Waals surface area contributed by atoms with Gasteiger partial charge in [-0.15, -0.1) is 0 Å². The maximum absolute atomic E-state index is 12.6. The minimum Gasteiger partial charge on any atom is -0.507 e. The molecule has 0 saturated carbocycles. The molecule has 126 valence electrons. The summed E-state index contributed by atoms with van der Waals surface area (Å²) in [5, 5.41) is 29.7. The first kappa shape index (κ1) is 17.3. The first-order valence-electron chi connectivity index (χ1n) is 7.59. The van der Waals surface area contributed by atoms with Crippen LogP contribution in [0.15, 0.2) is 36.4 Å². The number of carbonyl (C=O) groups is 2. The number of phenolic OH excluding ortho intramolecular Hbond substituents is 1. The predicted molar refractivity (Wildman–Crippen MR) is 90.2 cm³/mol. The summed E-state index contributed by atoms with van der Waals surface area (Å²) in [6.07, 6.45) is 0. The molecular weight excluding hydrogens is 310 g/mol. The lowest BCUT2D eigenvalue weighted by molar-refractivity contribution is 0.0694. The summed E-state index contributed by atoms with van der Waals surface area (Å²) in [5.41, 5.74) is -0.136. The van der Waals surface area contributed by atoms with Gasteiger partial charge in [0.1, 0.15) is 17.1 Å². The molecule has 0 aliphatic rings. The van der Waals surface area contributed by atoms with Crippen molar-refractivity contribution in [1.29, 1.82) is 0 Å². The van der Waals surface area contributed by atoms with Crippen molar-refractivity contribution in [1.82, 2.24) is 0 Å². The van der Waals surface area contributed by atoms with Gasteiger partial charge in [0, 0.05) is 13.1 Å². The van der Waals surface area contributed by atoms with Crippen molar-refractivity contribution in [3.63, 3.8) is 0 Å². The van der Waals surface area contributed by atoms with E-state index in [1.165, 1.54) is 24.3 Å². The number of hydrogen-bond acceptors (Lipinski definition) is 5. The fourth-order valence-electron chi connectivity index (χ4n) is 2.61. The van der Waals surface area contributed by atoms with Crippen LogP contribution in [0.2, 0.25) is 0 Å². The minimum absolute atomic E-state index is 0.000252. The number of aromatic carboxylic acids is 1. The molecule has 0 amide bonds. The Labute approximate surface area is 139 Å². The molecule has 0 spiro atoms. The van der Waals surface area contributed by atoms with Gasteiger partial charge in [-0.3, -0.25) is 4.79 Å². The van der Waals surface area contributed by atoms with E-state index < -0.39 is 17.5 Å². The number of rotatable bonds is 6. The predicted octanol–water partition coefficient (Wildman–Crippen LogP) is 2.87. The van der Waals surface area contributed by atoms with Gasteiger partial charge in [0.05, 0.1) is 16.8 Å². The molecule has 0 bridgehead atoms. The van der Waals surface area contributed by atoms with Crippen LogP contribution in [0.4, 0.5) is 5.69 Å². The molecule has 0 unspecified atom stereocenters. The fourth-order valence-corrected chi connectivity index (χ4v) is 2.61. The number of ketones is 1. The van der Waals surface area contributed by atoms with Gasteiger partial charge in [-0.2, -0.15) is 0 Å². The molecule has 0 saturated heterocycles. The van der Waals surface area contributed by atoms with Crippen molar-refractivity contribution in [2.45, 2.75) is 13.8 Å². The standard InChI is InChI=1S/C18H19NO5/c1-3-19(4-2)13-10-9-12(17(22)15(13)18(23)24)16(21)11-7-5-6-8-14(11)20/h5-10,20,22H,3-4H2,1-2H3,(H,23,24). The zero-order chi connectivity index (χ0) is 17.9. The number of aromatic hydroxyl groups is 2. The second-order valence-corrected chi connectivity index (χ2v) is 5.18. The molecule has 2 rings (SSSR count). The molecule has 2 aromatic carbocycles. The number of phenols is 2. The molecule has 0 aromatic heterocycles. The summed E-state index contributed by atoms with van der Waals surface area (Å²) in [7, 11) is 0. The van der Waals surface area contributed by atoms with E-state index in [0.717, 1.165) is 0 Å². The smallest absolute Gasteiger partial charge is 0.341 e. The lowest BCUT2D eigenvalue weighted by Gasteiger charge is -2.24. The quantitative estimate of drug-likeness (QED) is 0.705. The van der Waals surface area contributed by atoms with Gasteiger partial charge >= 0.3 is 5.97 Å². The normalized spacial score (nSPS) is 10.4. The molecular formula is C18H19NO5. The second-order valence-electron chi connectivity index (χ2n) is 5.18. The van der Waals surface area contributed by atoms with Crippen LogP contribution in [0.3, 0.4) is 0 Å². The van der Waals surface area contributed by atoms with E-state index in [1.807, 2.05) is 13.8 Å². The first-order chi connectivity index (χ1) is 11.4. The number of carbonyl (C=O) groups excluding carboxylic acids is 1. The van der Waals surface area contributed by atoms with Crippen molar-refractivity contribution in [3.05, 3.63) is 53.1 Å². The third-order valence-electron chi connectivity index (χ3n) is 3.87. The van der Waals surface area contributed by atoms with E-state index in [-0.39, 0.29) is 22.4 Å². The molecule has 0 fully saturated rings. The number of carboxylic acid groups (broad SMARTS) is 1. The Hall–Kier alpha value is -3.02. The van der Waals surface area contributed by atoms with Crippen molar-refractivity contribution in [2.24, 2.45) is 0 Å². The van der Waals surface area contributed by atoms with Crippen molar-refractivity contribution < 1.29 is 24.9 Å². The molecule has 0 atom stereocenters. The summed E-state index contributed by atoms with van der Waals surface area (Å²) in [6.45, 7) is 4.85. The molecule has 2 aromatic rings. The number of nitrogens with zero attached hydrogens (tertiary/aromatic N) is 1. The average Bonchev–Trinajstić information content (AvgIpc) is 2.55. The summed E-state index contributed by atoms with van der Waals surface area (Å²) in [6, 6.07) is 8.79. The van der Waals surface area contributed by atoms with E-state index in [1.54, 1.807) is 17.0 Å². The Balaban J connectivity index is 2.62. The maximum atomic E-state index is 12.6. The third kappa shape index (κ3) is 3.03. The van der Waals surface area contributed by atoms with Crippen LogP contribution >= 0.6 is 0 Å². The minimum atomic E-state index is -1.32. The molecule has 6 heteroatoms. The number of anilines is 1. The summed E-state index contributed by atoms with van der Waals surface area (Å²) in [4.78, 5) is 25.9. The molecule has 3 N–H and O–H groups in total. The van der Waals surface area contributed by atoms with Gasteiger partial charge in [-0.25, -0.2) is 4.79 Å². The largest absolute Gasteiger partial charge is 0.507 e. The number of hydrogen-bond donors (Lipinski definition) is 3. The summed E-state index contributed by atoms with van der Waals surface area (Å²) < 4.78 is 0. The van der Waals surface area contributed by atoms with E-state index >= 15 is 0 Å². The highest BCUT2D eigenvalue weighted by atomic mass is 16.4. The Kier molecular flexibility index (Phi) is 5.08. The lowest BCUT2D eigenvalue weighted by atomic mass is 9.97. The first-order valence-corrected chi connectivity index (χ1v) is 7.59. The van der Waals surface area contributed by atoms with Crippen LogP contribution in [-0.4, -0.2) is 40.2 Å². The van der Waals surface area contributed by atoms with Gasteiger partial charge < -0.3 is 20.2 Å². The maximum Gasteiger partial charge on any atom is 0.341 e. The lowest BCUT2D eigenvalue weighted by Crippen LogP contribution is -2.24. The highest BCUT2D eigenvalue weighted by Crippen LogP contribution is 2.34. The molecule has 6 nitrogen and oxygen atoms in total. The van der Waals surface area contributed by atoms with Crippen LogP contribution in [0.5, 0.6) is 11.5 Å². The Bertz CT molecular complexity index is 781. The van der Waals surface area contributed by atoms with Gasteiger partial charge in [-0.1, -0.05) is 12.1 Å². The van der Waals surface area contributed by atoms with E-state index in [2.05, 4.69) is 0 Å². The second kappa shape index (κ2) is 7.04. The molecule has 0 aliphatic carbocycles. The van der Waals surface area contributed by atoms with Crippen LogP contribution in [0.1, 0.15) is 40.1 Å². The topological polar surface area (TPSA) is 98.1 Å². The van der Waals surface area contributed by atoms with Gasteiger partial charge in [0.25, 0.3) is 0 Å². The van der Waals surface area contributed by atoms with Gasteiger partial charge in [0.15, 0.2) is 5.78 Å². The summed E-state index contributed by atoms with van der Waals surface area (Å²) in [5.74, 6) is -2.78. The molecule has 0 radical (unpaired) electrons. The highest BCUT2D eigenvalue weighted by Gasteiger charge is 2.25. The molecule has 0 aliphatic heterocycles. The van der Waals surface area contributed by atoms with Crippen molar-refractivity contribution >= 4 is 17.4 Å². The highest BCUT2D eigenvalue weighted by molar-refractivity contribution is 6.14. The zero-order valence-corrected chi connectivity index (χ0v) is 13.5. The Morgan fingerprint density at radius 3 is 2.12 bits per heavy atom. The van der Waals surface area contributed by atoms with Crippen LogP contribution < -0.4 is 4.90 Å². The third-order valence-corrected chi connectivity index (χ3v) is 3.87. The van der Waals surface area contributed by atoms with Gasteiger partial charge in [-0.05, 0) is 38.1 Å². The molecule has 24 heavy (non-hydrogen) atoms. The summed E-state index contributed by atoms with van der Waals surface area (Å²) >= 11 is 0. The monoisotopic (exact) mass is 329 g/mol. The number of benzene rings is 2. The number of para-hydroxylation sites is 1. The van der Waals surface area contributed by atoms with Crippen LogP contribution in [0.25, 0.3) is 0 Å². The van der Waals surface area contributed by atoms with Crippen LogP contribution in [0, 0.1) is 0 Å². The van der Waals surface area contributed by atoms with Crippen molar-refractivity contribution in [2.75, 3.05) is 18.0 Å². The van der Waals surface area contributed by atoms with Crippen LogP contribution in [-0.2, 0) is 0 Å². The SMILES string of the molecule is CCN(CC)c1ccc(C(=O)c2ccccc2O)c(O)c1C(=O)O. The Morgan fingerprint density at radius 1 is 0.958 bits per heavy atom. The van der Waals surface area contributed by atoms with E-state index in [0.29, 0.717) is 18.8 Å². The van der Waals surface area contributed by atoms with E-state index in [9.17, 15) is 24.9 Å². The average molecular weight is 329 g/mol. The zero-order valence-electron chi connectivity index (χ0n) is 13.5. The van der Waals surface area contributed by atoms with Crippen molar-refractivity contribution in [3.8, 4) is 11.5 Å². The Morgan fingerprint density at radius 2 is 1.58 bits per heavy atom.